The second kappa shape index (κ2) is 9.34. The predicted octanol–water partition coefficient (Wildman–Crippen LogP) is 7.75. The van der Waals surface area contributed by atoms with Gasteiger partial charge in [-0.2, -0.15) is 0 Å². The zero-order chi connectivity index (χ0) is 21.0. The molecule has 1 aliphatic carbocycles. The number of benzene rings is 2. The lowest BCUT2D eigenvalue weighted by Gasteiger charge is -2.28. The van der Waals surface area contributed by atoms with Gasteiger partial charge in [0.2, 0.25) is 0 Å². The Bertz CT molecular complexity index is 888. The Hall–Kier alpha value is -2.49. The van der Waals surface area contributed by atoms with Crippen LogP contribution in [0.25, 0.3) is 17.0 Å². The molecule has 2 aromatic rings. The molecule has 0 spiro atoms. The van der Waals surface area contributed by atoms with E-state index in [4.69, 9.17) is 0 Å². The van der Waals surface area contributed by atoms with Crippen LogP contribution < -0.4 is 0 Å². The molecule has 0 radical (unpaired) electrons. The average Bonchev–Trinajstić information content (AvgIpc) is 2.73. The van der Waals surface area contributed by atoms with Crippen LogP contribution in [-0.4, -0.2) is 11.1 Å². The standard InChI is InChI=1S/C25H28F2O2/c1-3-4-17-5-7-18(8-6-17)19-9-11-20(12-10-19)23-15-21(24(27)16(2)26)13-14-22(23)25(28)29/h9-15,17-18H,3-8H2,1-2H3,(H,28,29). The Morgan fingerprint density at radius 1 is 1.03 bits per heavy atom. The third-order valence-electron chi connectivity index (χ3n) is 6.04. The van der Waals surface area contributed by atoms with E-state index in [1.807, 2.05) is 24.3 Å². The van der Waals surface area contributed by atoms with Gasteiger partial charge in [-0.25, -0.2) is 13.6 Å². The molecule has 0 atom stereocenters. The van der Waals surface area contributed by atoms with Crippen molar-refractivity contribution in [3.8, 4) is 11.1 Å². The molecule has 0 bridgehead atoms. The van der Waals surface area contributed by atoms with E-state index in [9.17, 15) is 18.7 Å². The van der Waals surface area contributed by atoms with Crippen molar-refractivity contribution in [1.82, 2.24) is 0 Å². The third kappa shape index (κ3) is 4.92. The van der Waals surface area contributed by atoms with Gasteiger partial charge in [-0.1, -0.05) is 50.1 Å². The van der Waals surface area contributed by atoms with Crippen molar-refractivity contribution < 1.29 is 18.7 Å². The van der Waals surface area contributed by atoms with Gasteiger partial charge >= 0.3 is 5.97 Å². The zero-order valence-electron chi connectivity index (χ0n) is 17.1. The maximum atomic E-state index is 14.0. The highest BCUT2D eigenvalue weighted by atomic mass is 19.2. The Kier molecular flexibility index (Phi) is 6.83. The first-order chi connectivity index (χ1) is 13.9. The molecule has 0 aromatic heterocycles. The van der Waals surface area contributed by atoms with Gasteiger partial charge in [0.05, 0.1) is 5.56 Å². The molecule has 154 valence electrons. The monoisotopic (exact) mass is 398 g/mol. The van der Waals surface area contributed by atoms with Gasteiger partial charge < -0.3 is 5.11 Å². The molecule has 1 fully saturated rings. The number of hydrogen-bond acceptors (Lipinski definition) is 1. The molecule has 1 N–H and O–H groups in total. The topological polar surface area (TPSA) is 37.3 Å². The quantitative estimate of drug-likeness (QED) is 0.540. The average molecular weight is 398 g/mol. The summed E-state index contributed by atoms with van der Waals surface area (Å²) < 4.78 is 27.3. The van der Waals surface area contributed by atoms with E-state index in [0.717, 1.165) is 12.8 Å². The molecule has 0 heterocycles. The molecule has 0 saturated heterocycles. The van der Waals surface area contributed by atoms with Crippen LogP contribution >= 0.6 is 0 Å². The predicted molar refractivity (Wildman–Crippen MR) is 113 cm³/mol. The minimum atomic E-state index is -1.09. The van der Waals surface area contributed by atoms with Crippen molar-refractivity contribution in [2.75, 3.05) is 0 Å². The minimum absolute atomic E-state index is 0.0447. The summed E-state index contributed by atoms with van der Waals surface area (Å²) in [7, 11) is 0. The van der Waals surface area contributed by atoms with Crippen molar-refractivity contribution in [2.45, 2.75) is 58.3 Å². The van der Waals surface area contributed by atoms with Gasteiger partial charge in [-0.15, -0.1) is 0 Å². The summed E-state index contributed by atoms with van der Waals surface area (Å²) in [6, 6.07) is 11.9. The van der Waals surface area contributed by atoms with Crippen molar-refractivity contribution in [3.63, 3.8) is 0 Å². The number of carboxylic acid groups (broad SMARTS) is 1. The number of carboxylic acids is 1. The number of aromatic carboxylic acids is 1. The van der Waals surface area contributed by atoms with Crippen molar-refractivity contribution >= 4 is 11.8 Å². The molecule has 1 aliphatic rings. The fourth-order valence-corrected chi connectivity index (χ4v) is 4.43. The molecular formula is C25H28F2O2. The molecule has 0 unspecified atom stereocenters. The molecule has 29 heavy (non-hydrogen) atoms. The number of allylic oxidation sites excluding steroid dienone is 1. The van der Waals surface area contributed by atoms with Crippen molar-refractivity contribution in [3.05, 3.63) is 65.0 Å². The molecular weight excluding hydrogens is 370 g/mol. The fourth-order valence-electron chi connectivity index (χ4n) is 4.43. The van der Waals surface area contributed by atoms with Gasteiger partial charge in [0, 0.05) is 5.56 Å². The maximum absolute atomic E-state index is 14.0. The first-order valence-electron chi connectivity index (χ1n) is 10.4. The van der Waals surface area contributed by atoms with E-state index in [0.29, 0.717) is 17.0 Å². The first kappa shape index (κ1) is 21.2. The largest absolute Gasteiger partial charge is 0.478 e. The van der Waals surface area contributed by atoms with E-state index in [-0.39, 0.29) is 11.1 Å². The van der Waals surface area contributed by atoms with E-state index in [1.54, 1.807) is 0 Å². The van der Waals surface area contributed by atoms with Gasteiger partial charge in [0.1, 0.15) is 5.83 Å². The summed E-state index contributed by atoms with van der Waals surface area (Å²) in [6.45, 7) is 3.28. The Morgan fingerprint density at radius 3 is 2.24 bits per heavy atom. The van der Waals surface area contributed by atoms with Gasteiger partial charge in [0.15, 0.2) is 5.83 Å². The number of hydrogen-bond donors (Lipinski definition) is 1. The van der Waals surface area contributed by atoms with Crippen molar-refractivity contribution in [2.24, 2.45) is 5.92 Å². The maximum Gasteiger partial charge on any atom is 0.336 e. The van der Waals surface area contributed by atoms with Crippen LogP contribution in [0.5, 0.6) is 0 Å². The Labute approximate surface area is 171 Å². The molecule has 2 aromatic carbocycles. The van der Waals surface area contributed by atoms with E-state index < -0.39 is 17.6 Å². The second-order valence-corrected chi connectivity index (χ2v) is 8.04. The van der Waals surface area contributed by atoms with Gasteiger partial charge in [-0.05, 0) is 73.3 Å². The lowest BCUT2D eigenvalue weighted by molar-refractivity contribution is 0.0697. The summed E-state index contributed by atoms with van der Waals surface area (Å²) in [4.78, 5) is 11.6. The lowest BCUT2D eigenvalue weighted by Crippen LogP contribution is -2.13. The highest BCUT2D eigenvalue weighted by Crippen LogP contribution is 2.38. The second-order valence-electron chi connectivity index (χ2n) is 8.04. The highest BCUT2D eigenvalue weighted by Gasteiger charge is 2.22. The molecule has 1 saturated carbocycles. The fraction of sp³-hybridized carbons (Fsp3) is 0.400. The summed E-state index contributed by atoms with van der Waals surface area (Å²) in [5.74, 6) is -1.60. The Balaban J connectivity index is 1.86. The summed E-state index contributed by atoms with van der Waals surface area (Å²) in [6.07, 6.45) is 7.45. The molecule has 2 nitrogen and oxygen atoms in total. The normalized spacial score (nSPS) is 20.3. The van der Waals surface area contributed by atoms with Gasteiger partial charge in [0.25, 0.3) is 0 Å². The Morgan fingerprint density at radius 2 is 1.69 bits per heavy atom. The van der Waals surface area contributed by atoms with E-state index >= 15 is 0 Å². The van der Waals surface area contributed by atoms with Crippen LogP contribution in [0.3, 0.4) is 0 Å². The first-order valence-corrected chi connectivity index (χ1v) is 10.4. The number of halogens is 2. The summed E-state index contributed by atoms with van der Waals surface area (Å²) in [5.41, 5.74) is 2.47. The minimum Gasteiger partial charge on any atom is -0.478 e. The molecule has 0 amide bonds. The van der Waals surface area contributed by atoms with Crippen LogP contribution in [0.15, 0.2) is 48.3 Å². The number of rotatable bonds is 6. The van der Waals surface area contributed by atoms with E-state index in [1.165, 1.54) is 62.3 Å². The van der Waals surface area contributed by atoms with Crippen LogP contribution in [0.2, 0.25) is 0 Å². The van der Waals surface area contributed by atoms with Crippen LogP contribution in [0.1, 0.15) is 79.8 Å². The van der Waals surface area contributed by atoms with Crippen LogP contribution in [0, 0.1) is 5.92 Å². The van der Waals surface area contributed by atoms with Gasteiger partial charge in [-0.3, -0.25) is 0 Å². The molecule has 3 rings (SSSR count). The molecule has 0 aliphatic heterocycles. The lowest BCUT2D eigenvalue weighted by atomic mass is 9.77. The molecule has 4 heteroatoms. The summed E-state index contributed by atoms with van der Waals surface area (Å²) >= 11 is 0. The highest BCUT2D eigenvalue weighted by molar-refractivity contribution is 5.96. The van der Waals surface area contributed by atoms with Crippen LogP contribution in [-0.2, 0) is 0 Å². The van der Waals surface area contributed by atoms with Crippen LogP contribution in [0.4, 0.5) is 8.78 Å². The zero-order valence-corrected chi connectivity index (χ0v) is 17.1. The smallest absolute Gasteiger partial charge is 0.336 e. The number of carbonyl (C=O) groups is 1. The van der Waals surface area contributed by atoms with E-state index in [2.05, 4.69) is 6.92 Å². The van der Waals surface area contributed by atoms with Crippen molar-refractivity contribution in [1.29, 1.82) is 0 Å². The summed E-state index contributed by atoms with van der Waals surface area (Å²) in [5, 5.41) is 9.51. The third-order valence-corrected chi connectivity index (χ3v) is 6.04. The SMILES string of the molecule is CCCC1CCC(c2ccc(-c3cc(C(F)=C(C)F)ccc3C(=O)O)cc2)CC1.